The van der Waals surface area contributed by atoms with Gasteiger partial charge in [0.2, 0.25) is 0 Å². The van der Waals surface area contributed by atoms with Gasteiger partial charge in [-0.25, -0.2) is 0 Å². The third-order valence-electron chi connectivity index (χ3n) is 2.99. The fourth-order valence-corrected chi connectivity index (χ4v) is 2.54. The highest BCUT2D eigenvalue weighted by Crippen LogP contribution is 2.17. The first kappa shape index (κ1) is 15.0. The minimum absolute atomic E-state index is 0.290. The molecule has 1 rings (SSSR count). The van der Waals surface area contributed by atoms with Crippen LogP contribution in [0.3, 0.4) is 0 Å². The topological polar surface area (TPSA) is 0 Å². The normalized spacial score (nSPS) is 12.6. The molecule has 17 heavy (non-hydrogen) atoms. The van der Waals surface area contributed by atoms with Crippen LogP contribution in [0.4, 0.5) is 0 Å². The van der Waals surface area contributed by atoms with Crippen molar-refractivity contribution in [1.29, 1.82) is 0 Å². The zero-order valence-corrected chi connectivity index (χ0v) is 12.9. The summed E-state index contributed by atoms with van der Waals surface area (Å²) in [5.74, 6) is 0. The lowest BCUT2D eigenvalue weighted by atomic mass is 10.0. The van der Waals surface area contributed by atoms with Gasteiger partial charge in [-0.1, -0.05) is 67.1 Å². The van der Waals surface area contributed by atoms with Crippen molar-refractivity contribution in [2.24, 2.45) is 0 Å². The predicted molar refractivity (Wildman–Crippen MR) is 80.9 cm³/mol. The van der Waals surface area contributed by atoms with Crippen molar-refractivity contribution in [3.63, 3.8) is 0 Å². The fraction of sp³-hybridized carbons (Fsp3) is 0.600. The molecule has 1 unspecified atom stereocenters. The summed E-state index contributed by atoms with van der Waals surface area (Å²) in [6.45, 7) is 2.25. The quantitative estimate of drug-likeness (QED) is 0.410. The van der Waals surface area contributed by atoms with Gasteiger partial charge in [0, 0.05) is 9.85 Å². The van der Waals surface area contributed by atoms with E-state index in [-0.39, 0.29) is 5.38 Å². The predicted octanol–water partition coefficient (Wildman–Crippen LogP) is 5.96. The molecule has 0 heterocycles. The molecule has 0 aromatic heterocycles. The molecule has 0 aliphatic heterocycles. The van der Waals surface area contributed by atoms with Crippen molar-refractivity contribution < 1.29 is 0 Å². The van der Waals surface area contributed by atoms with E-state index in [1.165, 1.54) is 37.7 Å². The highest BCUT2D eigenvalue weighted by atomic mass is 79.9. The van der Waals surface area contributed by atoms with E-state index in [0.29, 0.717) is 0 Å². The molecular formula is C15H22BrCl. The van der Waals surface area contributed by atoms with Crippen molar-refractivity contribution in [1.82, 2.24) is 0 Å². The van der Waals surface area contributed by atoms with Crippen molar-refractivity contribution in [2.45, 2.75) is 57.2 Å². The van der Waals surface area contributed by atoms with Crippen LogP contribution in [0, 0.1) is 0 Å². The molecule has 1 aromatic carbocycles. The molecule has 1 atom stereocenters. The molecule has 0 saturated heterocycles. The molecule has 2 heteroatoms. The van der Waals surface area contributed by atoms with Gasteiger partial charge in [0.1, 0.15) is 0 Å². The van der Waals surface area contributed by atoms with E-state index in [1.54, 1.807) is 0 Å². The van der Waals surface area contributed by atoms with Crippen molar-refractivity contribution in [3.05, 3.63) is 34.3 Å². The van der Waals surface area contributed by atoms with Crippen LogP contribution in [0.15, 0.2) is 28.7 Å². The molecule has 0 radical (unpaired) electrons. The Morgan fingerprint density at radius 3 is 2.35 bits per heavy atom. The standard InChI is InChI=1S/C15H22BrCl/c1-2-3-4-5-6-7-15(17)12-13-8-10-14(16)11-9-13/h8-11,15H,2-7,12H2,1H3. The van der Waals surface area contributed by atoms with E-state index in [2.05, 4.69) is 47.1 Å². The lowest BCUT2D eigenvalue weighted by Gasteiger charge is -2.09. The van der Waals surface area contributed by atoms with Gasteiger partial charge in [-0.3, -0.25) is 0 Å². The van der Waals surface area contributed by atoms with Crippen LogP contribution >= 0.6 is 27.5 Å². The Kier molecular flexibility index (Phi) is 7.96. The Balaban J connectivity index is 2.16. The summed E-state index contributed by atoms with van der Waals surface area (Å²) in [5, 5.41) is 0.290. The molecular weight excluding hydrogens is 296 g/mol. The van der Waals surface area contributed by atoms with Gasteiger partial charge < -0.3 is 0 Å². The molecule has 1 aromatic rings. The lowest BCUT2D eigenvalue weighted by molar-refractivity contribution is 0.593. The molecule has 0 fully saturated rings. The second kappa shape index (κ2) is 8.99. The number of benzene rings is 1. The van der Waals surface area contributed by atoms with Gasteiger partial charge in [-0.2, -0.15) is 0 Å². The van der Waals surface area contributed by atoms with Crippen molar-refractivity contribution in [2.75, 3.05) is 0 Å². The van der Waals surface area contributed by atoms with E-state index in [9.17, 15) is 0 Å². The minimum atomic E-state index is 0.290. The van der Waals surface area contributed by atoms with Crippen molar-refractivity contribution in [3.8, 4) is 0 Å². The summed E-state index contributed by atoms with van der Waals surface area (Å²) < 4.78 is 1.13. The zero-order valence-electron chi connectivity index (χ0n) is 10.6. The average Bonchev–Trinajstić information content (AvgIpc) is 2.32. The summed E-state index contributed by atoms with van der Waals surface area (Å²) in [6, 6.07) is 8.47. The summed E-state index contributed by atoms with van der Waals surface area (Å²) in [6.07, 6.45) is 8.76. The third kappa shape index (κ3) is 7.10. The molecule has 0 spiro atoms. The number of alkyl halides is 1. The molecule has 0 aliphatic carbocycles. The van der Waals surface area contributed by atoms with Crippen LogP contribution in [0.25, 0.3) is 0 Å². The Labute approximate surface area is 119 Å². The maximum Gasteiger partial charge on any atom is 0.0376 e. The summed E-state index contributed by atoms with van der Waals surface area (Å²) in [7, 11) is 0. The van der Waals surface area contributed by atoms with E-state index in [1.807, 2.05) is 0 Å². The Hall–Kier alpha value is -0.0100. The van der Waals surface area contributed by atoms with E-state index in [4.69, 9.17) is 11.6 Å². The Morgan fingerprint density at radius 2 is 1.71 bits per heavy atom. The number of halogens is 2. The van der Waals surface area contributed by atoms with Crippen LogP contribution < -0.4 is 0 Å². The van der Waals surface area contributed by atoms with E-state index < -0.39 is 0 Å². The molecule has 0 N–H and O–H groups in total. The van der Waals surface area contributed by atoms with Gasteiger partial charge in [0.25, 0.3) is 0 Å². The van der Waals surface area contributed by atoms with Gasteiger partial charge in [-0.05, 0) is 30.5 Å². The minimum Gasteiger partial charge on any atom is -0.123 e. The van der Waals surface area contributed by atoms with Gasteiger partial charge in [0.15, 0.2) is 0 Å². The Morgan fingerprint density at radius 1 is 1.06 bits per heavy atom. The number of hydrogen-bond donors (Lipinski definition) is 0. The first-order valence-electron chi connectivity index (χ1n) is 6.61. The van der Waals surface area contributed by atoms with E-state index >= 15 is 0 Å². The summed E-state index contributed by atoms with van der Waals surface area (Å²) in [4.78, 5) is 0. The molecule has 0 saturated carbocycles. The van der Waals surface area contributed by atoms with Crippen LogP contribution in [-0.2, 0) is 6.42 Å². The Bertz CT molecular complexity index is 294. The second-order valence-electron chi connectivity index (χ2n) is 4.63. The monoisotopic (exact) mass is 316 g/mol. The van der Waals surface area contributed by atoms with Crippen LogP contribution in [0.1, 0.15) is 51.0 Å². The van der Waals surface area contributed by atoms with Crippen LogP contribution in [0.5, 0.6) is 0 Å². The average molecular weight is 318 g/mol. The largest absolute Gasteiger partial charge is 0.123 e. The van der Waals surface area contributed by atoms with Gasteiger partial charge >= 0.3 is 0 Å². The number of hydrogen-bond acceptors (Lipinski definition) is 0. The summed E-state index contributed by atoms with van der Waals surface area (Å²) >= 11 is 9.80. The third-order valence-corrected chi connectivity index (χ3v) is 3.89. The summed E-state index contributed by atoms with van der Waals surface area (Å²) in [5.41, 5.74) is 1.33. The highest BCUT2D eigenvalue weighted by Gasteiger charge is 2.05. The number of rotatable bonds is 8. The maximum absolute atomic E-state index is 6.36. The molecule has 0 nitrogen and oxygen atoms in total. The molecule has 0 aliphatic rings. The van der Waals surface area contributed by atoms with Crippen LogP contribution in [0.2, 0.25) is 0 Å². The second-order valence-corrected chi connectivity index (χ2v) is 6.16. The van der Waals surface area contributed by atoms with Crippen LogP contribution in [-0.4, -0.2) is 5.38 Å². The maximum atomic E-state index is 6.36. The van der Waals surface area contributed by atoms with E-state index in [0.717, 1.165) is 17.3 Å². The number of unbranched alkanes of at least 4 members (excludes halogenated alkanes) is 4. The SMILES string of the molecule is CCCCCCCC(Cl)Cc1ccc(Br)cc1. The first-order valence-corrected chi connectivity index (χ1v) is 7.84. The lowest BCUT2D eigenvalue weighted by Crippen LogP contribution is -2.03. The molecule has 0 amide bonds. The van der Waals surface area contributed by atoms with Gasteiger partial charge in [-0.15, -0.1) is 11.6 Å². The highest BCUT2D eigenvalue weighted by molar-refractivity contribution is 9.10. The zero-order chi connectivity index (χ0) is 12.5. The fourth-order valence-electron chi connectivity index (χ4n) is 1.95. The molecule has 0 bridgehead atoms. The molecule has 96 valence electrons. The smallest absolute Gasteiger partial charge is 0.0376 e. The first-order chi connectivity index (χ1) is 8.22. The van der Waals surface area contributed by atoms with Gasteiger partial charge in [0.05, 0.1) is 0 Å². The van der Waals surface area contributed by atoms with Crippen molar-refractivity contribution >= 4 is 27.5 Å².